The van der Waals surface area contributed by atoms with E-state index in [1.165, 1.54) is 0 Å². The van der Waals surface area contributed by atoms with E-state index in [0.717, 1.165) is 6.08 Å². The molecule has 2 rings (SSSR count). The van der Waals surface area contributed by atoms with E-state index in [9.17, 15) is 28.5 Å². The normalized spacial score (nSPS) is 14.3. The number of rotatable bonds is 5. The summed E-state index contributed by atoms with van der Waals surface area (Å²) in [4.78, 5) is 34.0. The Balaban J connectivity index is 2.34. The lowest BCUT2D eigenvalue weighted by Gasteiger charge is -2.13. The number of benzene rings is 1. The van der Waals surface area contributed by atoms with E-state index in [1.807, 2.05) is 0 Å². The summed E-state index contributed by atoms with van der Waals surface area (Å²) in [5.41, 5.74) is -1.60. The molecule has 8 nitrogen and oxygen atoms in total. The number of halogens is 2. The number of amides is 2. The maximum Gasteiger partial charge on any atom is 0.295 e. The van der Waals surface area contributed by atoms with Crippen LogP contribution in [0.5, 0.6) is 0 Å². The monoisotopic (exact) mass is 313 g/mol. The van der Waals surface area contributed by atoms with Gasteiger partial charge in [-0.1, -0.05) is 0 Å². The highest BCUT2D eigenvalue weighted by Gasteiger charge is 2.32. The van der Waals surface area contributed by atoms with Crippen LogP contribution in [0.15, 0.2) is 23.9 Å². The average molecular weight is 313 g/mol. The van der Waals surface area contributed by atoms with Crippen LogP contribution in [0, 0.1) is 21.7 Å². The Morgan fingerprint density at radius 1 is 1.27 bits per heavy atom. The van der Waals surface area contributed by atoms with Crippen LogP contribution < -0.4 is 5.32 Å². The maximum absolute atomic E-state index is 13.2. The van der Waals surface area contributed by atoms with Crippen molar-refractivity contribution in [3.8, 4) is 0 Å². The minimum Gasteiger partial charge on any atom is -0.395 e. The Bertz CT molecular complexity index is 704. The van der Waals surface area contributed by atoms with Gasteiger partial charge in [0.25, 0.3) is 17.5 Å². The van der Waals surface area contributed by atoms with Gasteiger partial charge in [-0.15, -0.1) is 0 Å². The number of anilines is 1. The number of nitrogens with zero attached hydrogens (tertiary/aromatic N) is 2. The smallest absolute Gasteiger partial charge is 0.295 e. The highest BCUT2D eigenvalue weighted by atomic mass is 19.2. The van der Waals surface area contributed by atoms with Crippen LogP contribution in [0.2, 0.25) is 0 Å². The summed E-state index contributed by atoms with van der Waals surface area (Å²) in [6, 6.07) is 0.881. The van der Waals surface area contributed by atoms with Gasteiger partial charge in [0.05, 0.1) is 24.1 Å². The number of carbonyl (C=O) groups excluding carboxylic acids is 2. The summed E-state index contributed by atoms with van der Waals surface area (Å²) in [5, 5.41) is 21.8. The topological polar surface area (TPSA) is 113 Å². The van der Waals surface area contributed by atoms with Gasteiger partial charge < -0.3 is 10.4 Å². The summed E-state index contributed by atoms with van der Waals surface area (Å²) in [6.07, 6.45) is 0.850. The molecule has 1 aromatic carbocycles. The molecule has 1 aliphatic heterocycles. The second-order valence-electron chi connectivity index (χ2n) is 4.24. The van der Waals surface area contributed by atoms with Crippen molar-refractivity contribution in [1.29, 1.82) is 0 Å². The second-order valence-corrected chi connectivity index (χ2v) is 4.24. The predicted molar refractivity (Wildman–Crippen MR) is 68.5 cm³/mol. The summed E-state index contributed by atoms with van der Waals surface area (Å²) >= 11 is 0. The molecule has 0 unspecified atom stereocenters. The summed E-state index contributed by atoms with van der Waals surface area (Å²) < 4.78 is 26.3. The molecule has 22 heavy (non-hydrogen) atoms. The lowest BCUT2D eigenvalue weighted by Crippen LogP contribution is -2.34. The molecule has 0 radical (unpaired) electrons. The number of carbonyl (C=O) groups is 2. The molecule has 1 aliphatic rings. The third-order valence-corrected chi connectivity index (χ3v) is 2.84. The highest BCUT2D eigenvalue weighted by molar-refractivity contribution is 6.17. The average Bonchev–Trinajstić information content (AvgIpc) is 2.70. The van der Waals surface area contributed by atoms with E-state index in [1.54, 1.807) is 0 Å². The molecule has 0 spiro atoms. The largest absolute Gasteiger partial charge is 0.395 e. The molecule has 0 bridgehead atoms. The Hall–Kier alpha value is -2.88. The first-order valence-electron chi connectivity index (χ1n) is 5.94. The number of hydrogen-bond donors (Lipinski definition) is 2. The van der Waals surface area contributed by atoms with E-state index in [2.05, 4.69) is 5.32 Å². The minimum atomic E-state index is -1.41. The zero-order chi connectivity index (χ0) is 16.4. The van der Waals surface area contributed by atoms with Crippen molar-refractivity contribution < 1.29 is 28.4 Å². The van der Waals surface area contributed by atoms with E-state index in [0.29, 0.717) is 17.0 Å². The van der Waals surface area contributed by atoms with Gasteiger partial charge in [-0.25, -0.2) is 8.78 Å². The fourth-order valence-electron chi connectivity index (χ4n) is 1.84. The van der Waals surface area contributed by atoms with Crippen LogP contribution in [0.4, 0.5) is 20.2 Å². The molecule has 2 N–H and O–H groups in total. The van der Waals surface area contributed by atoms with E-state index in [-0.39, 0.29) is 12.2 Å². The number of imide groups is 1. The number of aliphatic hydroxyl groups excluding tert-OH is 1. The number of β-amino-alcohol motifs (C(OH)–C–C–N with tert-alkyl or cyclic N) is 1. The molecular weight excluding hydrogens is 304 g/mol. The van der Waals surface area contributed by atoms with Crippen molar-refractivity contribution in [3.05, 3.63) is 45.7 Å². The van der Waals surface area contributed by atoms with Gasteiger partial charge in [0, 0.05) is 12.1 Å². The van der Waals surface area contributed by atoms with Gasteiger partial charge in [0.15, 0.2) is 11.6 Å². The predicted octanol–water partition coefficient (Wildman–Crippen LogP) is 0.530. The van der Waals surface area contributed by atoms with Crippen LogP contribution in [0.1, 0.15) is 0 Å². The molecular formula is C12H9F2N3O5. The van der Waals surface area contributed by atoms with Gasteiger partial charge in [0.1, 0.15) is 11.4 Å². The Morgan fingerprint density at radius 3 is 2.50 bits per heavy atom. The van der Waals surface area contributed by atoms with Crippen molar-refractivity contribution in [1.82, 2.24) is 4.90 Å². The molecule has 116 valence electrons. The number of hydrogen-bond acceptors (Lipinski definition) is 6. The van der Waals surface area contributed by atoms with E-state index in [4.69, 9.17) is 5.11 Å². The first-order chi connectivity index (χ1) is 10.3. The number of nitro benzene ring substituents is 1. The Kier molecular flexibility index (Phi) is 4.13. The lowest BCUT2D eigenvalue weighted by molar-refractivity contribution is -0.384. The Labute approximate surface area is 121 Å². The summed E-state index contributed by atoms with van der Waals surface area (Å²) in [5.74, 6) is -4.33. The van der Waals surface area contributed by atoms with Crippen LogP contribution in [0.3, 0.4) is 0 Å². The maximum atomic E-state index is 13.2. The van der Waals surface area contributed by atoms with Gasteiger partial charge in [0.2, 0.25) is 0 Å². The van der Waals surface area contributed by atoms with Crippen molar-refractivity contribution in [2.45, 2.75) is 0 Å². The van der Waals surface area contributed by atoms with Gasteiger partial charge >= 0.3 is 0 Å². The fourth-order valence-corrected chi connectivity index (χ4v) is 1.84. The molecule has 1 heterocycles. The van der Waals surface area contributed by atoms with Crippen molar-refractivity contribution in [2.24, 2.45) is 0 Å². The third-order valence-electron chi connectivity index (χ3n) is 2.84. The van der Waals surface area contributed by atoms with Crippen LogP contribution in [-0.2, 0) is 9.59 Å². The van der Waals surface area contributed by atoms with Crippen molar-refractivity contribution in [3.63, 3.8) is 0 Å². The first-order valence-corrected chi connectivity index (χ1v) is 5.94. The lowest BCUT2D eigenvalue weighted by atomic mass is 10.2. The highest BCUT2D eigenvalue weighted by Crippen LogP contribution is 2.29. The Morgan fingerprint density at radius 2 is 1.91 bits per heavy atom. The summed E-state index contributed by atoms with van der Waals surface area (Å²) in [6.45, 7) is -0.705. The molecule has 0 saturated heterocycles. The molecule has 2 amide bonds. The molecule has 1 aromatic rings. The van der Waals surface area contributed by atoms with Gasteiger partial charge in [-0.2, -0.15) is 0 Å². The van der Waals surface area contributed by atoms with Crippen LogP contribution in [0.25, 0.3) is 0 Å². The van der Waals surface area contributed by atoms with Crippen LogP contribution >= 0.6 is 0 Å². The fraction of sp³-hybridized carbons (Fsp3) is 0.167. The minimum absolute atomic E-state index is 0.251. The van der Waals surface area contributed by atoms with E-state index < -0.39 is 46.4 Å². The molecule has 0 aromatic heterocycles. The van der Waals surface area contributed by atoms with Crippen molar-refractivity contribution in [2.75, 3.05) is 18.5 Å². The van der Waals surface area contributed by atoms with E-state index >= 15 is 0 Å². The quantitative estimate of drug-likeness (QED) is 0.466. The molecule has 0 saturated carbocycles. The third kappa shape index (κ3) is 2.76. The number of nitrogens with one attached hydrogen (secondary N) is 1. The molecule has 0 fully saturated rings. The molecule has 0 atom stereocenters. The van der Waals surface area contributed by atoms with Gasteiger partial charge in [-0.3, -0.25) is 24.6 Å². The zero-order valence-electron chi connectivity index (χ0n) is 10.9. The SMILES string of the molecule is O=C1C=C(Nc2cc(F)c(F)cc2[N+](=O)[O-])C(=O)N1CCO. The number of nitro groups is 1. The van der Waals surface area contributed by atoms with Crippen LogP contribution in [-0.4, -0.2) is 39.9 Å². The number of aliphatic hydroxyl groups is 1. The summed E-state index contributed by atoms with van der Waals surface area (Å²) in [7, 11) is 0. The molecule has 10 heteroatoms. The van der Waals surface area contributed by atoms with Gasteiger partial charge in [-0.05, 0) is 0 Å². The molecule has 0 aliphatic carbocycles. The standard InChI is InChI=1S/C12H9F2N3O5/c13-6-3-8(10(17(21)22)4-7(6)14)15-9-5-11(19)16(1-2-18)12(9)20/h3-5,15,18H,1-2H2. The second kappa shape index (κ2) is 5.85. The van der Waals surface area contributed by atoms with Crippen molar-refractivity contribution >= 4 is 23.2 Å². The first kappa shape index (κ1) is 15.5. The zero-order valence-corrected chi connectivity index (χ0v) is 10.9.